The van der Waals surface area contributed by atoms with Gasteiger partial charge in [-0.1, -0.05) is 51.3 Å². The minimum absolute atomic E-state index is 0.445. The summed E-state index contributed by atoms with van der Waals surface area (Å²) in [6.07, 6.45) is 0. The second-order valence-electron chi connectivity index (χ2n) is 6.40. The van der Waals surface area contributed by atoms with E-state index in [1.54, 1.807) is 0 Å². The molecule has 0 amide bonds. The van der Waals surface area contributed by atoms with Crippen LogP contribution < -0.4 is 0 Å². The first kappa shape index (κ1) is 18.4. The molecule has 0 radical (unpaired) electrons. The molecule has 0 aromatic heterocycles. The van der Waals surface area contributed by atoms with Crippen molar-refractivity contribution in [1.82, 2.24) is 0 Å². The maximum Gasteiger partial charge on any atom is 0.115 e. The number of hydrogen-bond acceptors (Lipinski definition) is 7. The fraction of sp³-hybridized carbons (Fsp3) is 1.00. The van der Waals surface area contributed by atoms with Crippen LogP contribution in [0.3, 0.4) is 0 Å². The van der Waals surface area contributed by atoms with Gasteiger partial charge in [-0.15, -0.1) is 45.5 Å². The summed E-state index contributed by atoms with van der Waals surface area (Å²) in [5.74, 6) is 4.84. The monoisotopic (exact) mass is 426 g/mol. The first-order chi connectivity index (χ1) is 8.54. The Hall–Kier alpha value is 3.05. The molecule has 0 aromatic rings. The molecule has 2 saturated heterocycles. The van der Waals surface area contributed by atoms with E-state index in [0.29, 0.717) is 10.8 Å². The molecule has 2 rings (SSSR count). The third kappa shape index (κ3) is 5.57. The van der Waals surface area contributed by atoms with Crippen molar-refractivity contribution in [3.05, 3.63) is 0 Å². The number of hydrogen-bond donors (Lipinski definition) is 0. The summed E-state index contributed by atoms with van der Waals surface area (Å²) in [5, 5.41) is 0. The molecule has 0 saturated carbocycles. The van der Waals surface area contributed by atoms with Gasteiger partial charge in [-0.3, -0.25) is 0 Å². The van der Waals surface area contributed by atoms with E-state index in [0.717, 1.165) is 0 Å². The molecular weight excluding hydrogens is 407 g/mol. The second-order valence-corrected chi connectivity index (χ2v) is 37.1. The van der Waals surface area contributed by atoms with Crippen LogP contribution in [0.4, 0.5) is 0 Å². The van der Waals surface area contributed by atoms with Crippen LogP contribution in [0.2, 0.25) is 0 Å². The Morgan fingerprint density at radius 1 is 0.737 bits per heavy atom. The van der Waals surface area contributed by atoms with Crippen molar-refractivity contribution >= 4 is 87.4 Å². The average molecular weight is 427 g/mol. The maximum atomic E-state index is 6.00. The predicted octanol–water partition coefficient (Wildman–Crippen LogP) is 7.18. The smallest absolute Gasteiger partial charge is 0.103 e. The Morgan fingerprint density at radius 2 is 1.00 bits per heavy atom. The summed E-state index contributed by atoms with van der Waals surface area (Å²) in [6, 6.07) is 0. The Morgan fingerprint density at radius 3 is 1.26 bits per heavy atom. The lowest BCUT2D eigenvalue weighted by molar-refractivity contribution is 0.493. The molecule has 0 aliphatic carbocycles. The second kappa shape index (κ2) is 6.51. The van der Waals surface area contributed by atoms with Gasteiger partial charge in [0.05, 0.1) is 0 Å². The molecule has 19 heavy (non-hydrogen) atoms. The summed E-state index contributed by atoms with van der Waals surface area (Å²) in [5.41, 5.74) is 0.889. The molecule has 2 fully saturated rings. The van der Waals surface area contributed by atoms with Crippen molar-refractivity contribution in [1.29, 1.82) is 0 Å². The lowest BCUT2D eigenvalue weighted by atomic mass is 10.0. The lowest BCUT2D eigenvalue weighted by Crippen LogP contribution is -2.20. The number of rotatable bonds is 2. The summed E-state index contributed by atoms with van der Waals surface area (Å²) in [7, 11) is 0. The van der Waals surface area contributed by atoms with Gasteiger partial charge < -0.3 is 0 Å². The molecule has 0 unspecified atom stereocenters. The largest absolute Gasteiger partial charge is 0.115 e. The van der Waals surface area contributed by atoms with Crippen LogP contribution in [0.5, 0.6) is 0 Å². The lowest BCUT2D eigenvalue weighted by Gasteiger charge is -2.40. The van der Waals surface area contributed by atoms with E-state index in [1.165, 1.54) is 23.0 Å². The predicted molar refractivity (Wildman–Crippen MR) is 114 cm³/mol. The van der Waals surface area contributed by atoms with Crippen LogP contribution in [-0.4, -0.2) is 23.0 Å². The van der Waals surface area contributed by atoms with Gasteiger partial charge in [0, 0.05) is 23.0 Å². The van der Waals surface area contributed by atoms with E-state index in [4.69, 9.17) is 23.6 Å². The van der Waals surface area contributed by atoms with E-state index < -0.39 is 7.29 Å². The molecular formula is C10H20P2S7. The molecule has 0 aromatic carbocycles. The van der Waals surface area contributed by atoms with Gasteiger partial charge in [0.25, 0.3) is 0 Å². The van der Waals surface area contributed by atoms with Gasteiger partial charge in [0.1, 0.15) is 7.29 Å². The van der Waals surface area contributed by atoms with Gasteiger partial charge in [-0.2, -0.15) is 0 Å². The quantitative estimate of drug-likeness (QED) is 0.423. The minimum Gasteiger partial charge on any atom is -0.103 e. The molecule has 0 nitrogen and oxygen atoms in total. The molecule has 2 aliphatic heterocycles. The van der Waals surface area contributed by atoms with Gasteiger partial charge in [0.2, 0.25) is 0 Å². The Kier molecular flexibility index (Phi) is 6.30. The highest BCUT2D eigenvalue weighted by molar-refractivity contribution is 9.44. The Balaban J connectivity index is 1.98. The topological polar surface area (TPSA) is 0 Å². The molecule has 112 valence electrons. The van der Waals surface area contributed by atoms with Crippen molar-refractivity contribution < 1.29 is 0 Å². The summed E-state index contributed by atoms with van der Waals surface area (Å²) >= 11 is 22.3. The van der Waals surface area contributed by atoms with Crippen LogP contribution in [0.25, 0.3) is 0 Å². The van der Waals surface area contributed by atoms with E-state index in [2.05, 4.69) is 84.2 Å². The molecule has 9 heteroatoms. The summed E-state index contributed by atoms with van der Waals surface area (Å²) in [4.78, 5) is 0. The van der Waals surface area contributed by atoms with Crippen molar-refractivity contribution in [2.75, 3.05) is 23.0 Å². The zero-order valence-electron chi connectivity index (χ0n) is 11.6. The molecule has 0 atom stereocenters. The molecule has 0 bridgehead atoms. The normalized spacial score (nSPS) is 31.8. The third-order valence-corrected chi connectivity index (χ3v) is 40.3. The molecule has 2 aliphatic rings. The molecule has 0 spiro atoms. The van der Waals surface area contributed by atoms with Gasteiger partial charge in [0.15, 0.2) is 0 Å². The van der Waals surface area contributed by atoms with Gasteiger partial charge >= 0.3 is 0 Å². The Labute approximate surface area is 147 Å². The highest BCUT2D eigenvalue weighted by atomic mass is 33.7. The third-order valence-electron chi connectivity index (χ3n) is 2.65. The highest BCUT2D eigenvalue weighted by Gasteiger charge is 2.40. The standard InChI is InChI=1S/C10H20P2S7/c1-9(2)5-15-11(13,16-6-9)19-12(14)17-7-10(3,4)8-18-12/h5-8H2,1-4H3. The van der Waals surface area contributed by atoms with E-state index >= 15 is 0 Å². The van der Waals surface area contributed by atoms with E-state index in [-0.39, 0.29) is 0 Å². The zero-order chi connectivity index (χ0) is 14.4. The van der Waals surface area contributed by atoms with Crippen molar-refractivity contribution in [2.45, 2.75) is 27.7 Å². The first-order valence-electron chi connectivity index (χ1n) is 6.03. The van der Waals surface area contributed by atoms with Gasteiger partial charge in [-0.05, 0) is 21.8 Å². The SMILES string of the molecule is CC1(C)CSP(=S)(SP2(=S)SCC(C)(C)CS2)SC1. The van der Waals surface area contributed by atoms with E-state index in [9.17, 15) is 0 Å². The van der Waals surface area contributed by atoms with Crippen LogP contribution in [-0.2, 0) is 23.6 Å². The van der Waals surface area contributed by atoms with Crippen molar-refractivity contribution in [2.24, 2.45) is 10.8 Å². The average Bonchev–Trinajstić information content (AvgIpc) is 2.29. The van der Waals surface area contributed by atoms with Crippen LogP contribution in [0.15, 0.2) is 0 Å². The van der Waals surface area contributed by atoms with Crippen molar-refractivity contribution in [3.8, 4) is 0 Å². The molecule has 0 N–H and O–H groups in total. The fourth-order valence-corrected chi connectivity index (χ4v) is 55.0. The van der Waals surface area contributed by atoms with E-state index in [1.807, 2.05) is 0 Å². The summed E-state index contributed by atoms with van der Waals surface area (Å²) in [6.45, 7) is 9.40. The zero-order valence-corrected chi connectivity index (χ0v) is 19.1. The fourth-order valence-electron chi connectivity index (χ4n) is 1.39. The van der Waals surface area contributed by atoms with Gasteiger partial charge in [-0.25, -0.2) is 0 Å². The highest BCUT2D eigenvalue weighted by Crippen LogP contribution is 2.97. The van der Waals surface area contributed by atoms with Crippen LogP contribution in [0, 0.1) is 10.8 Å². The van der Waals surface area contributed by atoms with Crippen molar-refractivity contribution in [3.63, 3.8) is 0 Å². The molecule has 2 heterocycles. The van der Waals surface area contributed by atoms with Crippen LogP contribution >= 0.6 is 63.8 Å². The van der Waals surface area contributed by atoms with Crippen LogP contribution in [0.1, 0.15) is 27.7 Å². The minimum atomic E-state index is -1.38. The Bertz CT molecular complexity index is 377. The summed E-state index contributed by atoms with van der Waals surface area (Å²) < 4.78 is -2.76. The first-order valence-corrected chi connectivity index (χ1v) is 20.0. The maximum absolute atomic E-state index is 6.00.